The molecule has 0 saturated carbocycles. The maximum Gasteiger partial charge on any atom is 0.103 e. The number of nitriles is 1. The second-order valence-electron chi connectivity index (χ2n) is 4.31. The third kappa shape index (κ3) is 2.60. The molecule has 3 nitrogen and oxygen atoms in total. The number of para-hydroxylation sites is 1. The highest BCUT2D eigenvalue weighted by molar-refractivity contribution is 5.93. The number of pyridine rings is 1. The van der Waals surface area contributed by atoms with Crippen LogP contribution >= 0.6 is 0 Å². The molecular formula is C15H17N3. The predicted molar refractivity (Wildman–Crippen MR) is 74.5 cm³/mol. The second-order valence-corrected chi connectivity index (χ2v) is 4.31. The molecule has 0 fully saturated rings. The largest absolute Gasteiger partial charge is 0.383 e. The van der Waals surface area contributed by atoms with Crippen LogP contribution in [-0.4, -0.2) is 11.5 Å². The Balaban J connectivity index is 2.30. The standard InChI is InChI=1S/C15H17N3/c1-2-3-6-9-17-15-12(10-16)11-18-14-8-5-4-7-13(14)15/h4-5,7-8,11H,2-3,6,9H2,1H3,(H,17,18). The summed E-state index contributed by atoms with van der Waals surface area (Å²) in [6.45, 7) is 3.08. The molecule has 18 heavy (non-hydrogen) atoms. The first-order valence-corrected chi connectivity index (χ1v) is 6.38. The molecule has 0 aliphatic rings. The van der Waals surface area contributed by atoms with Crippen molar-refractivity contribution in [3.63, 3.8) is 0 Å². The van der Waals surface area contributed by atoms with Crippen LogP contribution in [0.5, 0.6) is 0 Å². The molecular weight excluding hydrogens is 222 g/mol. The molecule has 0 bridgehead atoms. The average Bonchev–Trinajstić information content (AvgIpc) is 2.43. The highest BCUT2D eigenvalue weighted by Crippen LogP contribution is 2.25. The van der Waals surface area contributed by atoms with Gasteiger partial charge in [-0.3, -0.25) is 4.98 Å². The van der Waals surface area contributed by atoms with Crippen LogP contribution in [-0.2, 0) is 0 Å². The van der Waals surface area contributed by atoms with Gasteiger partial charge in [-0.1, -0.05) is 38.0 Å². The summed E-state index contributed by atoms with van der Waals surface area (Å²) in [6.07, 6.45) is 5.17. The van der Waals surface area contributed by atoms with E-state index in [0.717, 1.165) is 29.6 Å². The van der Waals surface area contributed by atoms with Crippen molar-refractivity contribution in [1.29, 1.82) is 5.26 Å². The summed E-state index contributed by atoms with van der Waals surface area (Å²) in [5.74, 6) is 0. The third-order valence-corrected chi connectivity index (χ3v) is 2.98. The number of nitrogens with one attached hydrogen (secondary N) is 1. The van der Waals surface area contributed by atoms with Crippen LogP contribution in [0, 0.1) is 11.3 Å². The number of anilines is 1. The van der Waals surface area contributed by atoms with Gasteiger partial charge in [0.05, 0.1) is 16.8 Å². The van der Waals surface area contributed by atoms with Crippen molar-refractivity contribution in [2.45, 2.75) is 26.2 Å². The van der Waals surface area contributed by atoms with Gasteiger partial charge in [-0.05, 0) is 12.5 Å². The lowest BCUT2D eigenvalue weighted by atomic mass is 10.1. The molecule has 0 spiro atoms. The average molecular weight is 239 g/mol. The van der Waals surface area contributed by atoms with Crippen LogP contribution < -0.4 is 5.32 Å². The van der Waals surface area contributed by atoms with Crippen molar-refractivity contribution in [2.24, 2.45) is 0 Å². The summed E-state index contributed by atoms with van der Waals surface area (Å²) in [7, 11) is 0. The Bertz CT molecular complexity index is 569. The zero-order chi connectivity index (χ0) is 12.8. The fourth-order valence-electron chi connectivity index (χ4n) is 2.00. The van der Waals surface area contributed by atoms with E-state index < -0.39 is 0 Å². The molecule has 1 N–H and O–H groups in total. The molecule has 0 radical (unpaired) electrons. The number of benzene rings is 1. The SMILES string of the molecule is CCCCCNc1c(C#N)cnc2ccccc12. The zero-order valence-corrected chi connectivity index (χ0v) is 10.6. The minimum atomic E-state index is 0.616. The Morgan fingerprint density at radius 3 is 2.89 bits per heavy atom. The molecule has 0 saturated heterocycles. The number of aromatic nitrogens is 1. The summed E-state index contributed by atoms with van der Waals surface area (Å²) in [6, 6.07) is 10.1. The van der Waals surface area contributed by atoms with E-state index in [2.05, 4.69) is 23.3 Å². The first-order valence-electron chi connectivity index (χ1n) is 6.38. The van der Waals surface area contributed by atoms with Crippen LogP contribution in [0.3, 0.4) is 0 Å². The third-order valence-electron chi connectivity index (χ3n) is 2.98. The van der Waals surface area contributed by atoms with Crippen molar-refractivity contribution >= 4 is 16.6 Å². The molecule has 3 heteroatoms. The maximum atomic E-state index is 9.15. The highest BCUT2D eigenvalue weighted by atomic mass is 14.9. The van der Waals surface area contributed by atoms with Crippen LogP contribution in [0.4, 0.5) is 5.69 Å². The van der Waals surface area contributed by atoms with Crippen molar-refractivity contribution in [2.75, 3.05) is 11.9 Å². The lowest BCUT2D eigenvalue weighted by Crippen LogP contribution is -2.04. The Kier molecular flexibility index (Phi) is 4.14. The molecule has 0 atom stereocenters. The second kappa shape index (κ2) is 6.02. The maximum absolute atomic E-state index is 9.15. The minimum absolute atomic E-state index is 0.616. The molecule has 0 aliphatic heterocycles. The van der Waals surface area contributed by atoms with Gasteiger partial charge in [0, 0.05) is 18.1 Å². The molecule has 0 amide bonds. The van der Waals surface area contributed by atoms with Gasteiger partial charge in [-0.25, -0.2) is 0 Å². The monoisotopic (exact) mass is 239 g/mol. The summed E-state index contributed by atoms with van der Waals surface area (Å²) in [5, 5.41) is 13.6. The summed E-state index contributed by atoms with van der Waals surface area (Å²) in [5.41, 5.74) is 2.46. The Morgan fingerprint density at radius 2 is 2.11 bits per heavy atom. The van der Waals surface area contributed by atoms with Crippen molar-refractivity contribution < 1.29 is 0 Å². The van der Waals surface area contributed by atoms with Gasteiger partial charge < -0.3 is 5.32 Å². The van der Waals surface area contributed by atoms with Gasteiger partial charge >= 0.3 is 0 Å². The van der Waals surface area contributed by atoms with Crippen LogP contribution in [0.25, 0.3) is 10.9 Å². The van der Waals surface area contributed by atoms with E-state index >= 15 is 0 Å². The molecule has 2 aromatic rings. The minimum Gasteiger partial charge on any atom is -0.383 e. The van der Waals surface area contributed by atoms with E-state index in [-0.39, 0.29) is 0 Å². The van der Waals surface area contributed by atoms with Crippen molar-refractivity contribution in [3.05, 3.63) is 36.0 Å². The Labute approximate surface area is 107 Å². The number of fused-ring (bicyclic) bond motifs is 1. The van der Waals surface area contributed by atoms with E-state index in [1.807, 2.05) is 24.3 Å². The Morgan fingerprint density at radius 1 is 1.28 bits per heavy atom. The molecule has 0 unspecified atom stereocenters. The van der Waals surface area contributed by atoms with E-state index in [1.165, 1.54) is 12.8 Å². The first kappa shape index (κ1) is 12.4. The van der Waals surface area contributed by atoms with Crippen LogP contribution in [0.15, 0.2) is 30.5 Å². The van der Waals surface area contributed by atoms with E-state index in [0.29, 0.717) is 5.56 Å². The zero-order valence-electron chi connectivity index (χ0n) is 10.6. The van der Waals surface area contributed by atoms with Crippen molar-refractivity contribution in [3.8, 4) is 6.07 Å². The van der Waals surface area contributed by atoms with Crippen molar-refractivity contribution in [1.82, 2.24) is 4.98 Å². The fourth-order valence-corrected chi connectivity index (χ4v) is 2.00. The highest BCUT2D eigenvalue weighted by Gasteiger charge is 2.07. The molecule has 0 aliphatic carbocycles. The van der Waals surface area contributed by atoms with Gasteiger partial charge in [-0.2, -0.15) is 5.26 Å². The first-order chi connectivity index (χ1) is 8.86. The fraction of sp³-hybridized carbons (Fsp3) is 0.333. The van der Waals surface area contributed by atoms with Gasteiger partial charge in [0.25, 0.3) is 0 Å². The van der Waals surface area contributed by atoms with Crippen LogP contribution in [0.2, 0.25) is 0 Å². The van der Waals surface area contributed by atoms with Crippen LogP contribution in [0.1, 0.15) is 31.7 Å². The molecule has 2 rings (SSSR count). The van der Waals surface area contributed by atoms with E-state index in [1.54, 1.807) is 6.20 Å². The molecule has 92 valence electrons. The summed E-state index contributed by atoms with van der Waals surface area (Å²) in [4.78, 5) is 4.29. The van der Waals surface area contributed by atoms with Gasteiger partial charge in [-0.15, -0.1) is 0 Å². The quantitative estimate of drug-likeness (QED) is 0.809. The summed E-state index contributed by atoms with van der Waals surface area (Å²) < 4.78 is 0. The van der Waals surface area contributed by atoms with E-state index in [4.69, 9.17) is 5.26 Å². The normalized spacial score (nSPS) is 10.2. The molecule has 1 aromatic carbocycles. The molecule has 1 aromatic heterocycles. The smallest absolute Gasteiger partial charge is 0.103 e. The lowest BCUT2D eigenvalue weighted by Gasteiger charge is -2.10. The number of hydrogen-bond donors (Lipinski definition) is 1. The summed E-state index contributed by atoms with van der Waals surface area (Å²) >= 11 is 0. The van der Waals surface area contributed by atoms with Gasteiger partial charge in [0.1, 0.15) is 6.07 Å². The number of rotatable bonds is 5. The predicted octanol–water partition coefficient (Wildman–Crippen LogP) is 3.71. The van der Waals surface area contributed by atoms with E-state index in [9.17, 15) is 0 Å². The van der Waals surface area contributed by atoms with Gasteiger partial charge in [0.2, 0.25) is 0 Å². The number of hydrogen-bond acceptors (Lipinski definition) is 3. The lowest BCUT2D eigenvalue weighted by molar-refractivity contribution is 0.744. The number of nitrogens with zero attached hydrogens (tertiary/aromatic N) is 2. The topological polar surface area (TPSA) is 48.7 Å². The Hall–Kier alpha value is -2.08. The number of unbranched alkanes of at least 4 members (excludes halogenated alkanes) is 2. The van der Waals surface area contributed by atoms with Gasteiger partial charge in [0.15, 0.2) is 0 Å². The molecule has 1 heterocycles.